The first-order chi connectivity index (χ1) is 10.9. The maximum atomic E-state index is 6.23. The molecule has 0 aliphatic carbocycles. The first kappa shape index (κ1) is 16.0. The fourth-order valence-electron chi connectivity index (χ4n) is 3.15. The third-order valence-corrected chi connectivity index (χ3v) is 4.72. The van der Waals surface area contributed by atoms with Crippen LogP contribution < -0.4 is 0 Å². The predicted molar refractivity (Wildman–Crippen MR) is 100 cm³/mol. The minimum Gasteiger partial charge on any atom is -0.368 e. The summed E-state index contributed by atoms with van der Waals surface area (Å²) >= 11 is 0. The van der Waals surface area contributed by atoms with Crippen molar-refractivity contribution in [3.05, 3.63) is 59.7 Å². The van der Waals surface area contributed by atoms with Gasteiger partial charge in [0.2, 0.25) is 0 Å². The molecule has 1 unspecified atom stereocenters. The topological polar surface area (TPSA) is 9.23 Å². The molecule has 0 fully saturated rings. The van der Waals surface area contributed by atoms with Gasteiger partial charge >= 0.3 is 0 Å². The molecular formula is C22H26O. The molecule has 0 bridgehead atoms. The largest absolute Gasteiger partial charge is 0.368 e. The quantitative estimate of drug-likeness (QED) is 0.510. The third-order valence-electron chi connectivity index (χ3n) is 4.72. The van der Waals surface area contributed by atoms with Gasteiger partial charge in [-0.3, -0.25) is 0 Å². The number of rotatable bonds is 4. The second-order valence-corrected chi connectivity index (χ2v) is 7.11. The molecule has 0 aliphatic heterocycles. The van der Waals surface area contributed by atoms with E-state index < -0.39 is 0 Å². The van der Waals surface area contributed by atoms with Gasteiger partial charge in [0.25, 0.3) is 0 Å². The van der Waals surface area contributed by atoms with Gasteiger partial charge in [0, 0.05) is 0 Å². The lowest BCUT2D eigenvalue weighted by Crippen LogP contribution is -2.26. The number of fused-ring (bicyclic) bond motifs is 2. The molecule has 3 rings (SSSR count). The Morgan fingerprint density at radius 2 is 1.48 bits per heavy atom. The van der Waals surface area contributed by atoms with E-state index in [-0.39, 0.29) is 11.7 Å². The zero-order valence-electron chi connectivity index (χ0n) is 14.8. The van der Waals surface area contributed by atoms with Gasteiger partial charge in [-0.1, -0.05) is 42.8 Å². The van der Waals surface area contributed by atoms with Crippen LogP contribution in [0, 0.1) is 6.92 Å². The van der Waals surface area contributed by atoms with Gasteiger partial charge in [-0.2, -0.15) is 0 Å². The van der Waals surface area contributed by atoms with Crippen LogP contribution in [0.1, 0.15) is 45.2 Å². The lowest BCUT2D eigenvalue weighted by atomic mass is 9.93. The molecule has 3 aromatic rings. The van der Waals surface area contributed by atoms with Crippen molar-refractivity contribution in [2.24, 2.45) is 0 Å². The smallest absolute Gasteiger partial charge is 0.0879 e. The number of benzene rings is 3. The molecule has 0 saturated heterocycles. The number of hydrogen-bond acceptors (Lipinski definition) is 1. The molecule has 0 amide bonds. The maximum Gasteiger partial charge on any atom is 0.0879 e. The molecule has 1 heteroatoms. The third kappa shape index (κ3) is 3.25. The minimum atomic E-state index is -0.272. The van der Waals surface area contributed by atoms with Gasteiger partial charge in [-0.05, 0) is 79.4 Å². The first-order valence-electron chi connectivity index (χ1n) is 8.51. The zero-order valence-corrected chi connectivity index (χ0v) is 14.8. The zero-order chi connectivity index (χ0) is 16.6. The Morgan fingerprint density at radius 1 is 0.870 bits per heavy atom. The summed E-state index contributed by atoms with van der Waals surface area (Å²) in [6.45, 7) is 10.8. The predicted octanol–water partition coefficient (Wildman–Crippen LogP) is 6.35. The SMILES string of the molecule is CCC(C)OC(C)(C)c1ccc2cc3cc(C)ccc3cc2c1. The van der Waals surface area contributed by atoms with Crippen molar-refractivity contribution in [2.45, 2.75) is 52.7 Å². The average Bonchev–Trinajstić information content (AvgIpc) is 2.51. The van der Waals surface area contributed by atoms with Crippen molar-refractivity contribution in [1.29, 1.82) is 0 Å². The van der Waals surface area contributed by atoms with Crippen LogP contribution >= 0.6 is 0 Å². The van der Waals surface area contributed by atoms with E-state index in [4.69, 9.17) is 4.74 Å². The highest BCUT2D eigenvalue weighted by atomic mass is 16.5. The molecule has 0 saturated carbocycles. The molecule has 0 radical (unpaired) electrons. The van der Waals surface area contributed by atoms with Gasteiger partial charge in [0.15, 0.2) is 0 Å². The molecule has 0 aromatic heterocycles. The van der Waals surface area contributed by atoms with Crippen LogP contribution in [0.25, 0.3) is 21.5 Å². The summed E-state index contributed by atoms with van der Waals surface area (Å²) < 4.78 is 6.23. The molecular weight excluding hydrogens is 280 g/mol. The molecule has 3 aromatic carbocycles. The van der Waals surface area contributed by atoms with Crippen LogP contribution in [0.5, 0.6) is 0 Å². The summed E-state index contributed by atoms with van der Waals surface area (Å²) in [5.41, 5.74) is 2.26. The molecule has 1 atom stereocenters. The molecule has 23 heavy (non-hydrogen) atoms. The second kappa shape index (κ2) is 5.98. The van der Waals surface area contributed by atoms with E-state index in [1.807, 2.05) is 0 Å². The van der Waals surface area contributed by atoms with E-state index in [2.05, 4.69) is 83.1 Å². The highest BCUT2D eigenvalue weighted by molar-refractivity contribution is 5.98. The molecule has 1 nitrogen and oxygen atoms in total. The Kier molecular flexibility index (Phi) is 4.16. The van der Waals surface area contributed by atoms with Crippen LogP contribution in [0.2, 0.25) is 0 Å². The highest BCUT2D eigenvalue weighted by Gasteiger charge is 2.23. The summed E-state index contributed by atoms with van der Waals surface area (Å²) in [4.78, 5) is 0. The lowest BCUT2D eigenvalue weighted by molar-refractivity contribution is -0.0691. The molecule has 0 aliphatic rings. The fraction of sp³-hybridized carbons (Fsp3) is 0.364. The fourth-order valence-corrected chi connectivity index (χ4v) is 3.15. The Bertz CT molecular complexity index is 845. The van der Waals surface area contributed by atoms with Crippen molar-refractivity contribution in [3.63, 3.8) is 0 Å². The normalized spacial score (nSPS) is 13.6. The molecule has 0 N–H and O–H groups in total. The van der Waals surface area contributed by atoms with Crippen LogP contribution in [-0.4, -0.2) is 6.10 Å². The molecule has 0 heterocycles. The second-order valence-electron chi connectivity index (χ2n) is 7.11. The minimum absolute atomic E-state index is 0.264. The van der Waals surface area contributed by atoms with E-state index in [1.54, 1.807) is 0 Å². The summed E-state index contributed by atoms with van der Waals surface area (Å²) in [5.74, 6) is 0. The Labute approximate surface area is 139 Å². The van der Waals surface area contributed by atoms with Gasteiger partial charge in [0.05, 0.1) is 11.7 Å². The van der Waals surface area contributed by atoms with Crippen LogP contribution in [0.3, 0.4) is 0 Å². The summed E-state index contributed by atoms with van der Waals surface area (Å²) in [6, 6.07) is 17.9. The van der Waals surface area contributed by atoms with E-state index >= 15 is 0 Å². The van der Waals surface area contributed by atoms with Crippen LogP contribution in [0.4, 0.5) is 0 Å². The monoisotopic (exact) mass is 306 g/mol. The van der Waals surface area contributed by atoms with Gasteiger partial charge in [-0.15, -0.1) is 0 Å². The number of aryl methyl sites for hydroxylation is 1. The van der Waals surface area contributed by atoms with E-state index in [9.17, 15) is 0 Å². The van der Waals surface area contributed by atoms with E-state index in [0.29, 0.717) is 0 Å². The lowest BCUT2D eigenvalue weighted by Gasteiger charge is -2.29. The van der Waals surface area contributed by atoms with Crippen molar-refractivity contribution < 1.29 is 4.74 Å². The van der Waals surface area contributed by atoms with Crippen LogP contribution in [0.15, 0.2) is 48.5 Å². The van der Waals surface area contributed by atoms with Gasteiger partial charge < -0.3 is 4.74 Å². The van der Waals surface area contributed by atoms with Gasteiger partial charge in [-0.25, -0.2) is 0 Å². The standard InChI is InChI=1S/C22H26O/c1-6-16(3)23-22(4,5)21-10-9-18-12-19-11-15(2)7-8-17(19)13-20(18)14-21/h7-14,16H,6H2,1-5H3. The van der Waals surface area contributed by atoms with Crippen LogP contribution in [-0.2, 0) is 10.3 Å². The first-order valence-corrected chi connectivity index (χ1v) is 8.51. The summed E-state index contributed by atoms with van der Waals surface area (Å²) in [6.07, 6.45) is 1.29. The molecule has 120 valence electrons. The van der Waals surface area contributed by atoms with Crippen molar-refractivity contribution in [3.8, 4) is 0 Å². The highest BCUT2D eigenvalue weighted by Crippen LogP contribution is 2.31. The van der Waals surface area contributed by atoms with Gasteiger partial charge in [0.1, 0.15) is 0 Å². The Balaban J connectivity index is 2.07. The van der Waals surface area contributed by atoms with E-state index in [1.165, 1.54) is 32.7 Å². The van der Waals surface area contributed by atoms with Crippen molar-refractivity contribution >= 4 is 21.5 Å². The maximum absolute atomic E-state index is 6.23. The van der Waals surface area contributed by atoms with Crippen molar-refractivity contribution in [1.82, 2.24) is 0 Å². The molecule has 0 spiro atoms. The van der Waals surface area contributed by atoms with Crippen molar-refractivity contribution in [2.75, 3.05) is 0 Å². The summed E-state index contributed by atoms with van der Waals surface area (Å²) in [5, 5.41) is 5.16. The number of hydrogen-bond donors (Lipinski definition) is 0. The summed E-state index contributed by atoms with van der Waals surface area (Å²) in [7, 11) is 0. The van der Waals surface area contributed by atoms with E-state index in [0.717, 1.165) is 6.42 Å². The average molecular weight is 306 g/mol. The number of ether oxygens (including phenoxy) is 1. The Morgan fingerprint density at radius 3 is 2.13 bits per heavy atom. The Hall–Kier alpha value is -1.86.